The maximum atomic E-state index is 13.2. The molecule has 2 aromatic heterocycles. The molecule has 0 unspecified atom stereocenters. The molecule has 2 heterocycles. The van der Waals surface area contributed by atoms with Crippen LogP contribution in [0.4, 0.5) is 20.3 Å². The lowest BCUT2D eigenvalue weighted by atomic mass is 10.2. The summed E-state index contributed by atoms with van der Waals surface area (Å²) >= 11 is 0. The average Bonchev–Trinajstić information content (AvgIpc) is 2.98. The van der Waals surface area contributed by atoms with Crippen LogP contribution in [0.1, 0.15) is 16.1 Å². The van der Waals surface area contributed by atoms with Gasteiger partial charge in [0.25, 0.3) is 5.91 Å². The smallest absolute Gasteiger partial charge is 0.278 e. The molecule has 0 spiro atoms. The summed E-state index contributed by atoms with van der Waals surface area (Å²) < 4.78 is 27.6. The predicted molar refractivity (Wildman–Crippen MR) is 82.1 cm³/mol. The molecule has 0 fully saturated rings. The minimum absolute atomic E-state index is 0.00542. The molecule has 0 saturated carbocycles. The van der Waals surface area contributed by atoms with Crippen molar-refractivity contribution in [1.82, 2.24) is 19.7 Å². The van der Waals surface area contributed by atoms with Crippen LogP contribution in [0, 0.1) is 11.6 Å². The van der Waals surface area contributed by atoms with E-state index in [9.17, 15) is 13.6 Å². The summed E-state index contributed by atoms with van der Waals surface area (Å²) in [4.78, 5) is 19.7. The van der Waals surface area contributed by atoms with E-state index in [4.69, 9.17) is 5.73 Å². The van der Waals surface area contributed by atoms with Crippen molar-refractivity contribution in [1.29, 1.82) is 0 Å². The molecule has 9 heteroatoms. The van der Waals surface area contributed by atoms with Gasteiger partial charge in [-0.05, 0) is 17.7 Å². The lowest BCUT2D eigenvalue weighted by Gasteiger charge is -2.04. The number of amides is 1. The van der Waals surface area contributed by atoms with E-state index in [1.807, 2.05) is 0 Å². The van der Waals surface area contributed by atoms with Gasteiger partial charge < -0.3 is 11.1 Å². The lowest BCUT2D eigenvalue weighted by molar-refractivity contribution is 0.102. The summed E-state index contributed by atoms with van der Waals surface area (Å²) in [5.41, 5.74) is 6.54. The number of hydrogen-bond acceptors (Lipinski definition) is 5. The molecule has 0 aliphatic carbocycles. The largest absolute Gasteiger partial charge is 0.382 e. The number of benzene rings is 1. The molecule has 7 nitrogen and oxygen atoms in total. The Hall–Kier alpha value is -3.36. The molecule has 122 valence electrons. The summed E-state index contributed by atoms with van der Waals surface area (Å²) in [5, 5.41) is 6.64. The van der Waals surface area contributed by atoms with Crippen molar-refractivity contribution in [3.05, 3.63) is 65.9 Å². The zero-order valence-electron chi connectivity index (χ0n) is 12.3. The van der Waals surface area contributed by atoms with Gasteiger partial charge in [0.15, 0.2) is 23.1 Å². The summed E-state index contributed by atoms with van der Waals surface area (Å²) in [7, 11) is 0. The van der Waals surface area contributed by atoms with Crippen LogP contribution in [0.2, 0.25) is 0 Å². The first-order valence-corrected chi connectivity index (χ1v) is 6.87. The van der Waals surface area contributed by atoms with Gasteiger partial charge >= 0.3 is 0 Å². The van der Waals surface area contributed by atoms with Crippen LogP contribution in [0.15, 0.2) is 43.0 Å². The molecular weight excluding hydrogens is 318 g/mol. The molecule has 0 saturated heterocycles. The van der Waals surface area contributed by atoms with Crippen LogP contribution in [0.5, 0.6) is 0 Å². The van der Waals surface area contributed by atoms with Gasteiger partial charge in [-0.15, -0.1) is 0 Å². The zero-order chi connectivity index (χ0) is 17.1. The molecule has 1 aromatic carbocycles. The number of hydrogen-bond donors (Lipinski definition) is 2. The van der Waals surface area contributed by atoms with Crippen molar-refractivity contribution in [3.8, 4) is 0 Å². The fraction of sp³-hybridized carbons (Fsp3) is 0.0667. The highest BCUT2D eigenvalue weighted by atomic mass is 19.2. The Kier molecular flexibility index (Phi) is 4.15. The first-order chi connectivity index (χ1) is 11.5. The molecule has 0 bridgehead atoms. The number of carbonyl (C=O) groups excluding carboxylic acids is 1. The fourth-order valence-corrected chi connectivity index (χ4v) is 2.05. The molecule has 24 heavy (non-hydrogen) atoms. The number of rotatable bonds is 4. The minimum Gasteiger partial charge on any atom is -0.382 e. The van der Waals surface area contributed by atoms with Crippen molar-refractivity contribution < 1.29 is 13.6 Å². The molecule has 3 N–H and O–H groups in total. The van der Waals surface area contributed by atoms with Gasteiger partial charge in [0.05, 0.1) is 18.4 Å². The van der Waals surface area contributed by atoms with E-state index in [-0.39, 0.29) is 18.1 Å². The highest BCUT2D eigenvalue weighted by molar-refractivity contribution is 6.05. The number of anilines is 2. The van der Waals surface area contributed by atoms with E-state index in [1.165, 1.54) is 29.3 Å². The predicted octanol–water partition coefficient (Wildman–Crippen LogP) is 1.83. The molecule has 3 aromatic rings. The van der Waals surface area contributed by atoms with E-state index in [0.29, 0.717) is 11.3 Å². The van der Waals surface area contributed by atoms with Gasteiger partial charge in [0, 0.05) is 18.6 Å². The second-order valence-electron chi connectivity index (χ2n) is 4.92. The molecule has 3 rings (SSSR count). The van der Waals surface area contributed by atoms with Crippen LogP contribution in [0.3, 0.4) is 0 Å². The van der Waals surface area contributed by atoms with Crippen molar-refractivity contribution in [2.45, 2.75) is 6.54 Å². The molecule has 1 amide bonds. The van der Waals surface area contributed by atoms with Crippen molar-refractivity contribution in [2.75, 3.05) is 11.1 Å². The lowest BCUT2D eigenvalue weighted by Crippen LogP contribution is -2.16. The molecule has 0 radical (unpaired) electrons. The number of nitrogens with zero attached hydrogens (tertiary/aromatic N) is 4. The quantitative estimate of drug-likeness (QED) is 0.760. The number of aromatic nitrogens is 4. The van der Waals surface area contributed by atoms with Gasteiger partial charge in [0.2, 0.25) is 0 Å². The average molecular weight is 330 g/mol. The highest BCUT2D eigenvalue weighted by Gasteiger charge is 2.13. The van der Waals surface area contributed by atoms with E-state index < -0.39 is 17.5 Å². The van der Waals surface area contributed by atoms with Gasteiger partial charge in [-0.2, -0.15) is 5.10 Å². The van der Waals surface area contributed by atoms with Crippen molar-refractivity contribution in [2.24, 2.45) is 0 Å². The first kappa shape index (κ1) is 15.5. The summed E-state index contributed by atoms with van der Waals surface area (Å²) in [6.07, 6.45) is 5.71. The van der Waals surface area contributed by atoms with E-state index in [2.05, 4.69) is 20.4 Å². The Balaban J connectivity index is 1.70. The third kappa shape index (κ3) is 3.35. The van der Waals surface area contributed by atoms with Gasteiger partial charge in [-0.3, -0.25) is 9.48 Å². The van der Waals surface area contributed by atoms with Gasteiger partial charge in [-0.1, -0.05) is 6.07 Å². The summed E-state index contributed by atoms with van der Waals surface area (Å²) in [6.45, 7) is 0.223. The SMILES string of the molecule is Nc1nccnc1C(=O)Nc1cnn(Cc2ccc(F)c(F)c2)c1. The Morgan fingerprint density at radius 2 is 2.00 bits per heavy atom. The van der Waals surface area contributed by atoms with Crippen LogP contribution in [0.25, 0.3) is 0 Å². The van der Waals surface area contributed by atoms with Crippen LogP contribution >= 0.6 is 0 Å². The Morgan fingerprint density at radius 3 is 2.75 bits per heavy atom. The standard InChI is InChI=1S/C15H12F2N6O/c16-11-2-1-9(5-12(11)17)7-23-8-10(6-21-23)22-15(24)13-14(18)20-4-3-19-13/h1-6,8H,7H2,(H2,18,20)(H,22,24). The Labute approximate surface area is 135 Å². The number of nitrogens with two attached hydrogens (primary N) is 1. The second-order valence-corrected chi connectivity index (χ2v) is 4.92. The third-order valence-electron chi connectivity index (χ3n) is 3.16. The van der Waals surface area contributed by atoms with E-state index in [0.717, 1.165) is 12.1 Å². The monoisotopic (exact) mass is 330 g/mol. The molecule has 0 aliphatic heterocycles. The Bertz CT molecular complexity index is 895. The molecule has 0 aliphatic rings. The molecule has 0 atom stereocenters. The van der Waals surface area contributed by atoms with Gasteiger partial charge in [0.1, 0.15) is 0 Å². The minimum atomic E-state index is -0.925. The third-order valence-corrected chi connectivity index (χ3v) is 3.16. The van der Waals surface area contributed by atoms with Crippen molar-refractivity contribution >= 4 is 17.4 Å². The number of nitrogens with one attached hydrogen (secondary N) is 1. The molecular formula is C15H12F2N6O. The normalized spacial score (nSPS) is 10.6. The van der Waals surface area contributed by atoms with Crippen LogP contribution in [-0.2, 0) is 6.54 Å². The van der Waals surface area contributed by atoms with Crippen LogP contribution in [-0.4, -0.2) is 25.7 Å². The van der Waals surface area contributed by atoms with Gasteiger partial charge in [-0.25, -0.2) is 18.7 Å². The maximum absolute atomic E-state index is 13.2. The zero-order valence-corrected chi connectivity index (χ0v) is 12.3. The van der Waals surface area contributed by atoms with E-state index in [1.54, 1.807) is 6.20 Å². The van der Waals surface area contributed by atoms with Crippen molar-refractivity contribution in [3.63, 3.8) is 0 Å². The summed E-state index contributed by atoms with van der Waals surface area (Å²) in [6, 6.07) is 3.60. The first-order valence-electron chi connectivity index (χ1n) is 6.87. The fourth-order valence-electron chi connectivity index (χ4n) is 2.05. The maximum Gasteiger partial charge on any atom is 0.278 e. The number of halogens is 2. The Morgan fingerprint density at radius 1 is 1.21 bits per heavy atom. The summed E-state index contributed by atoms with van der Waals surface area (Å²) in [5.74, 6) is -2.34. The number of nitrogen functional groups attached to an aromatic ring is 1. The topological polar surface area (TPSA) is 98.7 Å². The highest BCUT2D eigenvalue weighted by Crippen LogP contribution is 2.13. The number of carbonyl (C=O) groups is 1. The van der Waals surface area contributed by atoms with Crippen LogP contribution < -0.4 is 11.1 Å². The second kappa shape index (κ2) is 6.41. The van der Waals surface area contributed by atoms with E-state index >= 15 is 0 Å².